The second kappa shape index (κ2) is 12.2. The second-order valence-corrected chi connectivity index (χ2v) is 15.1. The second-order valence-electron chi connectivity index (χ2n) is 15.1. The van der Waals surface area contributed by atoms with Gasteiger partial charge >= 0.3 is 0 Å². The molecular formula is C49H40N2. The molecule has 2 unspecified atom stereocenters. The molecule has 0 spiro atoms. The highest BCUT2D eigenvalue weighted by atomic mass is 14.7. The van der Waals surface area contributed by atoms with Gasteiger partial charge in [-0.15, -0.1) is 0 Å². The molecule has 6 aromatic carbocycles. The molecule has 0 amide bonds. The molecule has 0 saturated carbocycles. The molecule has 8 aromatic rings. The Bertz CT molecular complexity index is 2570. The molecule has 2 atom stereocenters. The van der Waals surface area contributed by atoms with Gasteiger partial charge in [0.25, 0.3) is 0 Å². The Morgan fingerprint density at radius 2 is 1.22 bits per heavy atom. The minimum Gasteiger partial charge on any atom is -0.265 e. The number of nitrogens with zero attached hydrogens (tertiary/aromatic N) is 2. The van der Waals surface area contributed by atoms with E-state index in [0.717, 1.165) is 11.3 Å². The Morgan fingerprint density at radius 3 is 1.86 bits per heavy atom. The maximum Gasteiger partial charge on any atom is 0.0701 e. The smallest absolute Gasteiger partial charge is 0.0701 e. The standard InChI is InChI=1S/C49H40N2/c1-31-27-37(16-19-41(31)34-10-8-32(9-11-34)33-22-25-50-26-23-33)45-30-44(35-12-14-36(15-13-35)46-7-5-6-24-51-46)42-20-17-38-28-40(49(2,3)4)29-39-18-21-43(45)48(42)47(38)39/h5-31,41H,1-4H3. The van der Waals surface area contributed by atoms with Crippen LogP contribution in [-0.4, -0.2) is 9.97 Å². The average Bonchev–Trinajstić information content (AvgIpc) is 3.17. The molecule has 0 saturated heterocycles. The van der Waals surface area contributed by atoms with Crippen molar-refractivity contribution >= 4 is 37.9 Å². The van der Waals surface area contributed by atoms with Crippen molar-refractivity contribution in [3.05, 3.63) is 175 Å². The van der Waals surface area contributed by atoms with E-state index in [1.54, 1.807) is 0 Å². The van der Waals surface area contributed by atoms with Crippen molar-refractivity contribution in [1.29, 1.82) is 0 Å². The molecule has 0 fully saturated rings. The third kappa shape index (κ3) is 5.52. The summed E-state index contributed by atoms with van der Waals surface area (Å²) in [5.74, 6) is 0.653. The molecule has 0 bridgehead atoms. The fourth-order valence-corrected chi connectivity index (χ4v) is 8.04. The Balaban J connectivity index is 1.18. The van der Waals surface area contributed by atoms with Crippen LogP contribution in [0.1, 0.15) is 50.3 Å². The predicted octanol–water partition coefficient (Wildman–Crippen LogP) is 13.0. The molecule has 2 heterocycles. The number of pyridine rings is 2. The maximum atomic E-state index is 4.59. The van der Waals surface area contributed by atoms with Crippen LogP contribution in [-0.2, 0) is 5.41 Å². The maximum absolute atomic E-state index is 4.59. The number of hydrogen-bond acceptors (Lipinski definition) is 2. The summed E-state index contributed by atoms with van der Waals surface area (Å²) in [5, 5.41) is 7.92. The van der Waals surface area contributed by atoms with E-state index in [-0.39, 0.29) is 5.41 Å². The monoisotopic (exact) mass is 656 g/mol. The van der Waals surface area contributed by atoms with Crippen LogP contribution in [0.15, 0.2) is 158 Å². The number of hydrogen-bond donors (Lipinski definition) is 0. The average molecular weight is 657 g/mol. The Labute approximate surface area is 300 Å². The van der Waals surface area contributed by atoms with Gasteiger partial charge in [0.2, 0.25) is 0 Å². The molecule has 0 aliphatic heterocycles. The molecule has 0 radical (unpaired) electrons. The summed E-state index contributed by atoms with van der Waals surface area (Å²) in [6.07, 6.45) is 12.8. The summed E-state index contributed by atoms with van der Waals surface area (Å²) in [5.41, 5.74) is 12.3. The van der Waals surface area contributed by atoms with Gasteiger partial charge in [0, 0.05) is 30.1 Å². The Kier molecular flexibility index (Phi) is 7.44. The van der Waals surface area contributed by atoms with Crippen LogP contribution in [0.4, 0.5) is 0 Å². The summed E-state index contributed by atoms with van der Waals surface area (Å²) in [4.78, 5) is 8.77. The van der Waals surface area contributed by atoms with E-state index in [0.29, 0.717) is 11.8 Å². The van der Waals surface area contributed by atoms with Gasteiger partial charge in [-0.2, -0.15) is 0 Å². The van der Waals surface area contributed by atoms with Crippen LogP contribution in [0.25, 0.3) is 71.4 Å². The van der Waals surface area contributed by atoms with E-state index in [1.807, 2.05) is 30.7 Å². The van der Waals surface area contributed by atoms with Crippen molar-refractivity contribution in [3.8, 4) is 33.5 Å². The first-order chi connectivity index (χ1) is 24.8. The van der Waals surface area contributed by atoms with Gasteiger partial charge in [-0.25, -0.2) is 0 Å². The Morgan fingerprint density at radius 1 is 0.569 bits per heavy atom. The van der Waals surface area contributed by atoms with Gasteiger partial charge < -0.3 is 0 Å². The zero-order valence-corrected chi connectivity index (χ0v) is 29.6. The van der Waals surface area contributed by atoms with Gasteiger partial charge in [-0.1, -0.05) is 137 Å². The SMILES string of the molecule is CC1C=C(c2cc(-c3ccc(-c4ccccn4)cc3)c3ccc4cc(C(C)(C)C)cc5ccc2c3c54)C=CC1c1ccc(-c2ccncc2)cc1. The minimum atomic E-state index is 0.0693. The molecule has 1 aliphatic rings. The molecule has 246 valence electrons. The van der Waals surface area contributed by atoms with E-state index < -0.39 is 0 Å². The number of allylic oxidation sites excluding steroid dienone is 4. The lowest BCUT2D eigenvalue weighted by Gasteiger charge is -2.26. The lowest BCUT2D eigenvalue weighted by molar-refractivity contribution is 0.591. The summed E-state index contributed by atoms with van der Waals surface area (Å²) in [6.45, 7) is 9.26. The predicted molar refractivity (Wildman–Crippen MR) is 216 cm³/mol. The molecule has 0 N–H and O–H groups in total. The highest BCUT2D eigenvalue weighted by Gasteiger charge is 2.24. The van der Waals surface area contributed by atoms with Crippen LogP contribution < -0.4 is 0 Å². The van der Waals surface area contributed by atoms with E-state index in [2.05, 4.69) is 165 Å². The summed E-state index contributed by atoms with van der Waals surface area (Å²) in [7, 11) is 0. The number of benzene rings is 6. The van der Waals surface area contributed by atoms with Crippen LogP contribution in [0, 0.1) is 5.92 Å². The van der Waals surface area contributed by atoms with E-state index in [4.69, 9.17) is 0 Å². The molecule has 2 nitrogen and oxygen atoms in total. The largest absolute Gasteiger partial charge is 0.265 e. The minimum absolute atomic E-state index is 0.0693. The number of aromatic nitrogens is 2. The van der Waals surface area contributed by atoms with Gasteiger partial charge in [0.05, 0.1) is 5.69 Å². The normalized spacial score (nSPS) is 16.3. The molecule has 2 heteroatoms. The summed E-state index contributed by atoms with van der Waals surface area (Å²) in [6, 6.07) is 44.8. The summed E-state index contributed by atoms with van der Waals surface area (Å²) >= 11 is 0. The van der Waals surface area contributed by atoms with Gasteiger partial charge in [-0.05, 0) is 118 Å². The lowest BCUT2D eigenvalue weighted by Crippen LogP contribution is -2.11. The highest BCUT2D eigenvalue weighted by molar-refractivity contribution is 6.27. The van der Waals surface area contributed by atoms with Crippen molar-refractivity contribution in [2.24, 2.45) is 5.92 Å². The van der Waals surface area contributed by atoms with Crippen molar-refractivity contribution in [2.75, 3.05) is 0 Å². The zero-order valence-electron chi connectivity index (χ0n) is 29.6. The molecular weight excluding hydrogens is 617 g/mol. The quantitative estimate of drug-likeness (QED) is 0.172. The third-order valence-electron chi connectivity index (χ3n) is 10.9. The van der Waals surface area contributed by atoms with Crippen molar-refractivity contribution < 1.29 is 0 Å². The van der Waals surface area contributed by atoms with Crippen LogP contribution in [0.2, 0.25) is 0 Å². The third-order valence-corrected chi connectivity index (χ3v) is 10.9. The van der Waals surface area contributed by atoms with Gasteiger partial charge in [-0.3, -0.25) is 9.97 Å². The van der Waals surface area contributed by atoms with Crippen molar-refractivity contribution in [2.45, 2.75) is 39.0 Å². The van der Waals surface area contributed by atoms with Crippen molar-refractivity contribution in [1.82, 2.24) is 9.97 Å². The highest BCUT2D eigenvalue weighted by Crippen LogP contribution is 2.46. The van der Waals surface area contributed by atoms with Crippen molar-refractivity contribution in [3.63, 3.8) is 0 Å². The zero-order chi connectivity index (χ0) is 34.7. The molecule has 51 heavy (non-hydrogen) atoms. The summed E-state index contributed by atoms with van der Waals surface area (Å²) < 4.78 is 0. The molecule has 2 aromatic heterocycles. The van der Waals surface area contributed by atoms with Crippen LogP contribution >= 0.6 is 0 Å². The van der Waals surface area contributed by atoms with E-state index >= 15 is 0 Å². The molecule has 1 aliphatic carbocycles. The first-order valence-electron chi connectivity index (χ1n) is 18.0. The van der Waals surface area contributed by atoms with Gasteiger partial charge in [0.15, 0.2) is 0 Å². The fraction of sp³-hybridized carbons (Fsp3) is 0.143. The van der Waals surface area contributed by atoms with Crippen LogP contribution in [0.5, 0.6) is 0 Å². The first kappa shape index (κ1) is 31.1. The number of rotatable bonds is 5. The van der Waals surface area contributed by atoms with Crippen LogP contribution in [0.3, 0.4) is 0 Å². The topological polar surface area (TPSA) is 25.8 Å². The fourth-order valence-electron chi connectivity index (χ4n) is 8.04. The molecule has 9 rings (SSSR count). The lowest BCUT2D eigenvalue weighted by atomic mass is 9.78. The van der Waals surface area contributed by atoms with Gasteiger partial charge in [0.1, 0.15) is 0 Å². The first-order valence-corrected chi connectivity index (χ1v) is 18.0. The van der Waals surface area contributed by atoms with E-state index in [1.165, 1.54) is 76.8 Å². The Hall–Kier alpha value is -5.86. The van der Waals surface area contributed by atoms with E-state index in [9.17, 15) is 0 Å².